The van der Waals surface area contributed by atoms with Crippen molar-refractivity contribution in [3.05, 3.63) is 88.7 Å². The van der Waals surface area contributed by atoms with Gasteiger partial charge in [0.05, 0.1) is 17.6 Å². The Bertz CT molecular complexity index is 1390. The van der Waals surface area contributed by atoms with E-state index < -0.39 is 0 Å². The Kier molecular flexibility index (Phi) is 6.33. The number of aromatic nitrogens is 2. The number of imidazole rings is 1. The highest BCUT2D eigenvalue weighted by atomic mass is 16.5. The van der Waals surface area contributed by atoms with Crippen LogP contribution in [-0.2, 0) is 11.3 Å². The first-order valence-corrected chi connectivity index (χ1v) is 12.4. The average Bonchev–Trinajstić information content (AvgIpc) is 3.41. The monoisotopic (exact) mass is 467 g/mol. The molecule has 1 fully saturated rings. The molecule has 1 saturated heterocycles. The molecule has 0 N–H and O–H groups in total. The molecule has 35 heavy (non-hydrogen) atoms. The highest BCUT2D eigenvalue weighted by molar-refractivity contribution is 5.96. The quantitative estimate of drug-likeness (QED) is 0.301. The molecule has 5 heteroatoms. The van der Waals surface area contributed by atoms with E-state index in [0.717, 1.165) is 41.3 Å². The first-order valence-electron chi connectivity index (χ1n) is 12.4. The molecule has 1 aliphatic rings. The molecule has 1 amide bonds. The maximum atomic E-state index is 13.0. The second-order valence-corrected chi connectivity index (χ2v) is 9.73. The number of para-hydroxylation sites is 2. The SMILES string of the molecule is Cc1ccc(OCCCn2c(C3CC(=O)N(c4ccc(C)c(C)c4)C3)nc3ccccc32)cc1C. The molecular formula is C30H33N3O2. The summed E-state index contributed by atoms with van der Waals surface area (Å²) in [4.78, 5) is 19.9. The third kappa shape index (κ3) is 4.68. The fourth-order valence-corrected chi connectivity index (χ4v) is 4.88. The number of amides is 1. The standard InChI is InChI=1S/C30H33N3O2/c1-20-10-12-25(16-22(20)3)33-19-24(18-29(33)34)30-31-27-8-5-6-9-28(27)32(30)14-7-15-35-26-13-11-21(2)23(4)17-26/h5-6,8-13,16-17,24H,7,14-15,18-19H2,1-4H3. The van der Waals surface area contributed by atoms with Gasteiger partial charge in [-0.05, 0) is 92.8 Å². The molecule has 0 saturated carbocycles. The maximum Gasteiger partial charge on any atom is 0.227 e. The van der Waals surface area contributed by atoms with Crippen LogP contribution in [0.25, 0.3) is 11.0 Å². The molecule has 4 aromatic rings. The van der Waals surface area contributed by atoms with Gasteiger partial charge in [-0.3, -0.25) is 4.79 Å². The predicted octanol–water partition coefficient (Wildman–Crippen LogP) is 6.26. The van der Waals surface area contributed by atoms with E-state index in [9.17, 15) is 4.79 Å². The van der Waals surface area contributed by atoms with Crippen molar-refractivity contribution < 1.29 is 9.53 Å². The number of ether oxygens (including phenoxy) is 1. The fourth-order valence-electron chi connectivity index (χ4n) is 4.88. The lowest BCUT2D eigenvalue weighted by Crippen LogP contribution is -2.24. The number of hydrogen-bond acceptors (Lipinski definition) is 3. The van der Waals surface area contributed by atoms with Crippen LogP contribution >= 0.6 is 0 Å². The zero-order valence-corrected chi connectivity index (χ0v) is 21.0. The summed E-state index contributed by atoms with van der Waals surface area (Å²) in [5.41, 5.74) is 8.03. The number of hydrogen-bond donors (Lipinski definition) is 0. The molecule has 1 atom stereocenters. The van der Waals surface area contributed by atoms with Crippen molar-refractivity contribution in [2.75, 3.05) is 18.1 Å². The summed E-state index contributed by atoms with van der Waals surface area (Å²) >= 11 is 0. The van der Waals surface area contributed by atoms with Crippen LogP contribution in [0.2, 0.25) is 0 Å². The summed E-state index contributed by atoms with van der Waals surface area (Å²) in [6, 6.07) is 20.7. The zero-order chi connectivity index (χ0) is 24.5. The van der Waals surface area contributed by atoms with Crippen molar-refractivity contribution in [1.82, 2.24) is 9.55 Å². The van der Waals surface area contributed by atoms with E-state index in [1.54, 1.807) is 0 Å². The highest BCUT2D eigenvalue weighted by Crippen LogP contribution is 2.34. The van der Waals surface area contributed by atoms with E-state index in [1.807, 2.05) is 17.0 Å². The minimum atomic E-state index is 0.0668. The van der Waals surface area contributed by atoms with Gasteiger partial charge >= 0.3 is 0 Å². The van der Waals surface area contributed by atoms with Gasteiger partial charge in [-0.25, -0.2) is 4.98 Å². The van der Waals surface area contributed by atoms with Crippen LogP contribution < -0.4 is 9.64 Å². The Hall–Kier alpha value is -3.60. The lowest BCUT2D eigenvalue weighted by atomic mass is 10.1. The summed E-state index contributed by atoms with van der Waals surface area (Å²) in [5, 5.41) is 0. The van der Waals surface area contributed by atoms with Crippen LogP contribution in [0.1, 0.15) is 46.8 Å². The predicted molar refractivity (Wildman–Crippen MR) is 141 cm³/mol. The van der Waals surface area contributed by atoms with Crippen molar-refractivity contribution in [1.29, 1.82) is 0 Å². The third-order valence-corrected chi connectivity index (χ3v) is 7.25. The topological polar surface area (TPSA) is 47.4 Å². The smallest absolute Gasteiger partial charge is 0.227 e. The Morgan fingerprint density at radius 2 is 1.66 bits per heavy atom. The maximum absolute atomic E-state index is 13.0. The summed E-state index contributed by atoms with van der Waals surface area (Å²) < 4.78 is 8.33. The van der Waals surface area contributed by atoms with E-state index >= 15 is 0 Å². The van der Waals surface area contributed by atoms with Gasteiger partial charge in [0.25, 0.3) is 0 Å². The lowest BCUT2D eigenvalue weighted by Gasteiger charge is -2.18. The molecule has 2 heterocycles. The summed E-state index contributed by atoms with van der Waals surface area (Å²) in [7, 11) is 0. The number of benzene rings is 3. The molecule has 5 rings (SSSR count). The summed E-state index contributed by atoms with van der Waals surface area (Å²) in [5.74, 6) is 2.14. The number of aryl methyl sites for hydroxylation is 5. The van der Waals surface area contributed by atoms with Gasteiger partial charge in [0.1, 0.15) is 11.6 Å². The van der Waals surface area contributed by atoms with Crippen molar-refractivity contribution in [3.8, 4) is 5.75 Å². The van der Waals surface area contributed by atoms with Gasteiger partial charge < -0.3 is 14.2 Å². The summed E-state index contributed by atoms with van der Waals surface area (Å²) in [6.45, 7) is 10.5. The first kappa shape index (κ1) is 23.2. The van der Waals surface area contributed by atoms with E-state index in [-0.39, 0.29) is 11.8 Å². The molecule has 1 aliphatic heterocycles. The minimum Gasteiger partial charge on any atom is -0.494 e. The number of carbonyl (C=O) groups is 1. The van der Waals surface area contributed by atoms with Crippen LogP contribution in [0.15, 0.2) is 60.7 Å². The normalized spacial score (nSPS) is 15.8. The van der Waals surface area contributed by atoms with Gasteiger partial charge in [0.15, 0.2) is 0 Å². The van der Waals surface area contributed by atoms with Crippen LogP contribution in [-0.4, -0.2) is 28.6 Å². The molecule has 180 valence electrons. The Labute approximate surface area is 207 Å². The Balaban J connectivity index is 1.34. The van der Waals surface area contributed by atoms with Gasteiger partial charge in [-0.15, -0.1) is 0 Å². The van der Waals surface area contributed by atoms with E-state index in [4.69, 9.17) is 9.72 Å². The van der Waals surface area contributed by atoms with Crippen molar-refractivity contribution in [2.45, 2.75) is 53.0 Å². The molecule has 0 aliphatic carbocycles. The molecule has 3 aromatic carbocycles. The number of rotatable bonds is 7. The van der Waals surface area contributed by atoms with Gasteiger partial charge in [-0.2, -0.15) is 0 Å². The molecule has 0 radical (unpaired) electrons. The van der Waals surface area contributed by atoms with E-state index in [0.29, 0.717) is 19.6 Å². The average molecular weight is 468 g/mol. The zero-order valence-electron chi connectivity index (χ0n) is 21.0. The van der Waals surface area contributed by atoms with E-state index in [2.05, 4.69) is 80.8 Å². The van der Waals surface area contributed by atoms with Crippen molar-refractivity contribution in [3.63, 3.8) is 0 Å². The molecular weight excluding hydrogens is 434 g/mol. The van der Waals surface area contributed by atoms with Crippen molar-refractivity contribution in [2.24, 2.45) is 0 Å². The Morgan fingerprint density at radius 1 is 0.914 bits per heavy atom. The van der Waals surface area contributed by atoms with Crippen LogP contribution in [0.4, 0.5) is 5.69 Å². The number of nitrogens with zero attached hydrogens (tertiary/aromatic N) is 3. The van der Waals surface area contributed by atoms with E-state index in [1.165, 1.54) is 22.3 Å². The minimum absolute atomic E-state index is 0.0668. The Morgan fingerprint density at radius 3 is 2.43 bits per heavy atom. The molecule has 1 aromatic heterocycles. The van der Waals surface area contributed by atoms with Crippen LogP contribution in [0.3, 0.4) is 0 Å². The molecule has 5 nitrogen and oxygen atoms in total. The molecule has 0 spiro atoms. The van der Waals surface area contributed by atoms with Gasteiger partial charge in [-0.1, -0.05) is 24.3 Å². The second kappa shape index (κ2) is 9.57. The number of carbonyl (C=O) groups excluding carboxylic acids is 1. The fraction of sp³-hybridized carbons (Fsp3) is 0.333. The van der Waals surface area contributed by atoms with Gasteiger partial charge in [0, 0.05) is 31.1 Å². The molecule has 1 unspecified atom stereocenters. The van der Waals surface area contributed by atoms with Crippen LogP contribution in [0, 0.1) is 27.7 Å². The number of fused-ring (bicyclic) bond motifs is 1. The van der Waals surface area contributed by atoms with Crippen molar-refractivity contribution >= 4 is 22.6 Å². The van der Waals surface area contributed by atoms with Gasteiger partial charge in [0.2, 0.25) is 5.91 Å². The third-order valence-electron chi connectivity index (χ3n) is 7.25. The second-order valence-electron chi connectivity index (χ2n) is 9.73. The number of anilines is 1. The lowest BCUT2D eigenvalue weighted by molar-refractivity contribution is -0.117. The first-order chi connectivity index (χ1) is 16.9. The highest BCUT2D eigenvalue weighted by Gasteiger charge is 2.34. The largest absolute Gasteiger partial charge is 0.494 e. The summed E-state index contributed by atoms with van der Waals surface area (Å²) in [6.07, 6.45) is 1.34. The van der Waals surface area contributed by atoms with Crippen LogP contribution in [0.5, 0.6) is 5.75 Å². The molecule has 0 bridgehead atoms.